The fourth-order valence-corrected chi connectivity index (χ4v) is 22.2. The molecule has 4 saturated heterocycles. The molecule has 4 heterocycles. The first kappa shape index (κ1) is 114. The van der Waals surface area contributed by atoms with Gasteiger partial charge in [0.25, 0.3) is 11.8 Å². The highest BCUT2D eigenvalue weighted by molar-refractivity contribution is 5.88. The van der Waals surface area contributed by atoms with Gasteiger partial charge in [-0.05, 0) is 296 Å². The summed E-state index contributed by atoms with van der Waals surface area (Å²) < 4.78 is 399. The van der Waals surface area contributed by atoms with Crippen LogP contribution in [0.25, 0.3) is 0 Å². The second-order valence-corrected chi connectivity index (χ2v) is 40.2. The highest BCUT2D eigenvalue weighted by atomic mass is 19.4. The minimum atomic E-state index is -4.99. The Balaban J connectivity index is 0.000000223. The number of alkyl halides is 24. The van der Waals surface area contributed by atoms with E-state index >= 15 is 0 Å². The van der Waals surface area contributed by atoms with Crippen molar-refractivity contribution in [1.82, 2.24) is 21.3 Å². The van der Waals surface area contributed by atoms with Gasteiger partial charge in [-0.3, -0.25) is 19.2 Å². The van der Waals surface area contributed by atoms with Crippen molar-refractivity contribution in [3.05, 3.63) is 282 Å². The van der Waals surface area contributed by atoms with Gasteiger partial charge in [-0.25, -0.2) is 17.6 Å². The van der Waals surface area contributed by atoms with E-state index in [9.17, 15) is 163 Å². The molecule has 16 rings (SSSR count). The summed E-state index contributed by atoms with van der Waals surface area (Å²) in [6.07, 6.45) is -45.3. The summed E-state index contributed by atoms with van der Waals surface area (Å²) in [5.41, 5.74) is -14.7. The quantitative estimate of drug-likeness (QED) is 0.0333. The maximum absolute atomic E-state index is 13.6. The Hall–Kier alpha value is -10.6. The number of hydrogen-bond donors (Lipinski definition) is 8. The van der Waals surface area contributed by atoms with E-state index in [1.165, 1.54) is 90.1 Å². The Morgan fingerprint density at radius 3 is 0.676 bits per heavy atom. The van der Waals surface area contributed by atoms with E-state index in [4.69, 9.17) is 18.9 Å². The van der Waals surface area contributed by atoms with Crippen molar-refractivity contribution < 1.29 is 187 Å². The van der Waals surface area contributed by atoms with Gasteiger partial charge in [-0.15, -0.1) is 0 Å². The lowest BCUT2D eigenvalue weighted by Crippen LogP contribution is -2.47. The smallest absolute Gasteiger partial charge is 0.383 e. The molecule has 8 fully saturated rings. The summed E-state index contributed by atoms with van der Waals surface area (Å²) in [5.74, 6) is -6.96. The molecular weight excluding hydrogens is 2030 g/mol. The summed E-state index contributed by atoms with van der Waals surface area (Å²) in [4.78, 5) is 48.5. The van der Waals surface area contributed by atoms with Crippen LogP contribution < -0.4 is 21.3 Å². The minimum absolute atomic E-state index is 0. The van der Waals surface area contributed by atoms with Gasteiger partial charge in [0.05, 0.1) is 93.3 Å². The van der Waals surface area contributed by atoms with Crippen LogP contribution in [0.3, 0.4) is 0 Å². The zero-order valence-corrected chi connectivity index (χ0v) is 79.8. The molecule has 0 aromatic heterocycles. The van der Waals surface area contributed by atoms with Gasteiger partial charge in [0.1, 0.15) is 46.7 Å². The number of aliphatic hydroxyl groups excluding tert-OH is 2. The first-order valence-corrected chi connectivity index (χ1v) is 47.2. The van der Waals surface area contributed by atoms with Gasteiger partial charge in [0.15, 0.2) is 0 Å². The first-order chi connectivity index (χ1) is 68.3. The molecule has 0 spiro atoms. The average molecular weight is 2140 g/mol. The number of halogens is 28. The third-order valence-electron chi connectivity index (χ3n) is 29.5. The van der Waals surface area contributed by atoms with Crippen molar-refractivity contribution in [2.75, 3.05) is 0 Å². The van der Waals surface area contributed by atoms with Gasteiger partial charge in [-0.1, -0.05) is 48.5 Å². The van der Waals surface area contributed by atoms with Gasteiger partial charge >= 0.3 is 49.4 Å². The Morgan fingerprint density at radius 2 is 0.493 bits per heavy atom. The molecule has 0 radical (unpaired) electrons. The predicted molar refractivity (Wildman–Crippen MR) is 484 cm³/mol. The van der Waals surface area contributed by atoms with E-state index in [0.717, 1.165) is 0 Å². The summed E-state index contributed by atoms with van der Waals surface area (Å²) >= 11 is 0. The number of rotatable bonds is 20. The summed E-state index contributed by atoms with van der Waals surface area (Å²) in [6.45, 7) is 11.9. The van der Waals surface area contributed by atoms with Crippen molar-refractivity contribution in [2.45, 2.75) is 301 Å². The van der Waals surface area contributed by atoms with Crippen LogP contribution in [-0.2, 0) is 87.5 Å². The summed E-state index contributed by atoms with van der Waals surface area (Å²) in [7, 11) is 0. The number of nitrogens with one attached hydrogen (secondary N) is 4. The van der Waals surface area contributed by atoms with E-state index < -0.39 is 260 Å². The molecule has 148 heavy (non-hydrogen) atoms. The van der Waals surface area contributed by atoms with Crippen LogP contribution in [0.2, 0.25) is 0 Å². The number of carbonyl (C=O) groups is 4. The summed E-state index contributed by atoms with van der Waals surface area (Å²) in [6, 6.07) is 26.9. The van der Waals surface area contributed by atoms with Crippen LogP contribution in [0.5, 0.6) is 0 Å². The molecule has 8 aliphatic rings. The fraction of sp³-hybridized carbons (Fsp3) is 0.500. The molecule has 4 aliphatic carbocycles. The predicted octanol–water partition coefficient (Wildman–Crippen LogP) is 25.6. The molecule has 4 saturated carbocycles. The lowest BCUT2D eigenvalue weighted by atomic mass is 9.74. The van der Waals surface area contributed by atoms with E-state index in [1.807, 2.05) is 0 Å². The molecule has 0 unspecified atom stereocenters. The standard InChI is InChI=1S/4C26H26F7NO3.4H2/c2*1-13(15-9-16(25(28,29)30)11-17(10-15)26(31,32)33)37-21-8-7-19(24(2)12-20(35)23(36)34-24)22(21)14-3-5-18(27)6-4-14;2*1-13(15-9-16(25(28,29)30)11-17(10-15)26(31,32)33)37-21-8-7-19(20-12-24(2,36)23(35)34-20)22(21)14-3-5-18(27)6-4-14;;;;/h2*3-6,9-11,13,19-22,35H,7-8,12H2,1-2H3,(H,34,36);2*3-6,9-11,13,19-22,36H,7-8,12H2,1-2H3,(H,34,35);4*1H/t13-,19-,20+,21+,22+,24+;13-,19-,20-,21+,22+,24+;13-,19+,20-,21+,22+,24+;13-,19+,20-,21+,22+,24-;;;;/m1111..../s1. The number of carbonyl (C=O) groups excluding carboxylic acids is 4. The molecule has 0 bridgehead atoms. The third kappa shape index (κ3) is 26.6. The van der Waals surface area contributed by atoms with Gasteiger partial charge in [-0.2, -0.15) is 105 Å². The van der Waals surface area contributed by atoms with Crippen LogP contribution in [0.1, 0.15) is 275 Å². The monoisotopic (exact) mass is 2140 g/mol. The highest BCUT2D eigenvalue weighted by Gasteiger charge is 2.58. The Morgan fingerprint density at radius 1 is 0.297 bits per heavy atom. The molecule has 8 aromatic carbocycles. The molecular formula is C104H112F28N4O12. The average Bonchev–Trinajstić information content (AvgIpc) is 1.61. The second-order valence-electron chi connectivity index (χ2n) is 40.2. The zero-order chi connectivity index (χ0) is 109. The van der Waals surface area contributed by atoms with Crippen LogP contribution in [0.15, 0.2) is 170 Å². The topological polar surface area (TPSA) is 234 Å². The van der Waals surface area contributed by atoms with Crippen molar-refractivity contribution in [2.24, 2.45) is 23.7 Å². The summed E-state index contributed by atoms with van der Waals surface area (Å²) in [5, 5.41) is 52.0. The van der Waals surface area contributed by atoms with Crippen LogP contribution in [0, 0.1) is 46.9 Å². The van der Waals surface area contributed by atoms with Crippen LogP contribution in [0.4, 0.5) is 123 Å². The van der Waals surface area contributed by atoms with Crippen LogP contribution >= 0.6 is 0 Å². The first-order valence-electron chi connectivity index (χ1n) is 47.2. The maximum Gasteiger partial charge on any atom is 0.416 e. The van der Waals surface area contributed by atoms with Crippen molar-refractivity contribution in [1.29, 1.82) is 0 Å². The Labute approximate surface area is 835 Å². The van der Waals surface area contributed by atoms with Crippen molar-refractivity contribution in [3.8, 4) is 0 Å². The van der Waals surface area contributed by atoms with Crippen molar-refractivity contribution >= 4 is 23.6 Å². The molecule has 44 heteroatoms. The molecule has 8 aromatic rings. The molecule has 4 aliphatic heterocycles. The van der Waals surface area contributed by atoms with Crippen LogP contribution in [-0.4, -0.2) is 115 Å². The van der Waals surface area contributed by atoms with Crippen molar-refractivity contribution in [3.63, 3.8) is 0 Å². The molecule has 816 valence electrons. The second kappa shape index (κ2) is 42.9. The van der Waals surface area contributed by atoms with Gasteiger partial charge in [0.2, 0.25) is 11.8 Å². The minimum Gasteiger partial charge on any atom is -0.383 e. The number of ether oxygens (including phenoxy) is 4. The van der Waals surface area contributed by atoms with E-state index in [0.29, 0.717) is 122 Å². The fourth-order valence-electron chi connectivity index (χ4n) is 22.2. The zero-order valence-electron chi connectivity index (χ0n) is 79.8. The van der Waals surface area contributed by atoms with Gasteiger partial charge in [0, 0.05) is 78.2 Å². The molecule has 16 nitrogen and oxygen atoms in total. The normalized spacial score (nSPS) is 29.4. The molecule has 24 atom stereocenters. The van der Waals surface area contributed by atoms with Gasteiger partial charge < -0.3 is 60.6 Å². The molecule has 8 N–H and O–H groups in total. The lowest BCUT2D eigenvalue weighted by molar-refractivity contribution is -0.145. The third-order valence-corrected chi connectivity index (χ3v) is 29.5. The maximum atomic E-state index is 13.6. The SMILES string of the molecule is C[C@@H](O[C@H]1CC[C@@H]([C@H]2C[C@@](C)(O)C(=O)N2)[C@@H]1c1ccc(F)cc1)c1cc(C(F)(F)F)cc(C(F)(F)F)c1.C[C@@H](O[C@H]1CC[C@@H]([C@H]2C[C@](C)(O)C(=O)N2)[C@@H]1c1ccc(F)cc1)c1cc(C(F)(F)F)cc(C(F)(F)F)c1.C[C@@H](O[C@H]1CC[C@@H]([C@]2(C)C[C@@H](O)C(=O)N2)[C@@H]1c1ccc(F)cc1)c1cc(C(F)(F)F)cc(C(F)(F)F)c1.C[C@@H](O[C@H]1CC[C@@H]([C@]2(C)C[C@H](O)C(=O)N2)[C@@H]1c1ccc(F)cc1)c1cc(C(F)(F)F)cc(C(F)(F)F)c1.[HH].[HH].[HH].[HH]. The highest BCUT2D eigenvalue weighted by Crippen LogP contribution is 2.57. The Bertz CT molecular complexity index is 5570. The number of benzene rings is 8. The van der Waals surface area contributed by atoms with E-state index in [-0.39, 0.29) is 102 Å². The Kier molecular flexibility index (Phi) is 33.2. The molecule has 4 amide bonds. The van der Waals surface area contributed by atoms with E-state index in [1.54, 1.807) is 62.4 Å². The number of amides is 4. The number of hydrogen-bond acceptors (Lipinski definition) is 12. The lowest BCUT2D eigenvalue weighted by Gasteiger charge is -2.37. The number of aliphatic hydroxyl groups is 4. The van der Waals surface area contributed by atoms with E-state index in [2.05, 4.69) is 21.3 Å². The largest absolute Gasteiger partial charge is 0.416 e.